The van der Waals surface area contributed by atoms with Crippen molar-refractivity contribution in [1.29, 1.82) is 0 Å². The lowest BCUT2D eigenvalue weighted by atomic mass is 10.3. The number of hydrogen-bond acceptors (Lipinski definition) is 3. The smallest absolute Gasteiger partial charge is 0.387 e. The highest BCUT2D eigenvalue weighted by molar-refractivity contribution is 9.10. The first-order valence-corrected chi connectivity index (χ1v) is 7.16. The van der Waals surface area contributed by atoms with E-state index in [1.165, 1.54) is 24.3 Å². The first-order chi connectivity index (χ1) is 10.5. The molecule has 0 radical (unpaired) electrons. The van der Waals surface area contributed by atoms with Crippen molar-refractivity contribution < 1.29 is 18.3 Å². The van der Waals surface area contributed by atoms with Gasteiger partial charge < -0.3 is 15.4 Å². The molecule has 2 rings (SSSR count). The Morgan fingerprint density at radius 1 is 1.05 bits per heavy atom. The molecule has 0 aliphatic heterocycles. The summed E-state index contributed by atoms with van der Waals surface area (Å²) in [7, 11) is 0. The maximum absolute atomic E-state index is 12.0. The topological polar surface area (TPSA) is 50.4 Å². The third kappa shape index (κ3) is 5.33. The van der Waals surface area contributed by atoms with Gasteiger partial charge in [-0.3, -0.25) is 4.79 Å². The van der Waals surface area contributed by atoms with E-state index in [0.717, 1.165) is 10.2 Å². The minimum atomic E-state index is -2.87. The van der Waals surface area contributed by atoms with Gasteiger partial charge in [0.25, 0.3) is 0 Å². The maximum atomic E-state index is 12.0. The van der Waals surface area contributed by atoms with Gasteiger partial charge in [-0.1, -0.05) is 15.9 Å². The van der Waals surface area contributed by atoms with Gasteiger partial charge in [0.2, 0.25) is 5.91 Å². The van der Waals surface area contributed by atoms with E-state index in [9.17, 15) is 13.6 Å². The minimum absolute atomic E-state index is 0.0426. The molecule has 0 aliphatic rings. The summed E-state index contributed by atoms with van der Waals surface area (Å²) < 4.78 is 29.2. The van der Waals surface area contributed by atoms with Gasteiger partial charge in [0.1, 0.15) is 5.75 Å². The van der Waals surface area contributed by atoms with Crippen molar-refractivity contribution in [2.24, 2.45) is 0 Å². The van der Waals surface area contributed by atoms with Crippen molar-refractivity contribution in [3.8, 4) is 5.75 Å². The van der Waals surface area contributed by atoms with E-state index >= 15 is 0 Å². The van der Waals surface area contributed by atoms with Crippen molar-refractivity contribution >= 4 is 33.2 Å². The van der Waals surface area contributed by atoms with E-state index in [0.29, 0.717) is 5.69 Å². The lowest BCUT2D eigenvalue weighted by molar-refractivity contribution is -0.114. The molecular weight excluding hydrogens is 358 g/mol. The van der Waals surface area contributed by atoms with Crippen LogP contribution >= 0.6 is 15.9 Å². The highest BCUT2D eigenvalue weighted by atomic mass is 79.9. The van der Waals surface area contributed by atoms with Crippen molar-refractivity contribution in [2.75, 3.05) is 17.2 Å². The first-order valence-electron chi connectivity index (χ1n) is 6.37. The zero-order chi connectivity index (χ0) is 15.9. The third-order valence-corrected chi connectivity index (χ3v) is 3.19. The van der Waals surface area contributed by atoms with Gasteiger partial charge in [0.05, 0.1) is 6.54 Å². The Kier molecular flexibility index (Phi) is 5.71. The lowest BCUT2D eigenvalue weighted by Gasteiger charge is -2.09. The third-order valence-electron chi connectivity index (χ3n) is 2.66. The Hall–Kier alpha value is -2.15. The molecule has 0 atom stereocenters. The van der Waals surface area contributed by atoms with E-state index in [-0.39, 0.29) is 18.2 Å². The molecule has 0 aromatic heterocycles. The number of hydrogen-bond donors (Lipinski definition) is 2. The number of alkyl halides is 2. The van der Waals surface area contributed by atoms with Crippen LogP contribution in [0.4, 0.5) is 20.2 Å². The number of carbonyl (C=O) groups is 1. The maximum Gasteiger partial charge on any atom is 0.387 e. The minimum Gasteiger partial charge on any atom is -0.435 e. The predicted octanol–water partition coefficient (Wildman–Crippen LogP) is 4.10. The van der Waals surface area contributed by atoms with Crippen LogP contribution in [0.15, 0.2) is 53.0 Å². The van der Waals surface area contributed by atoms with Crippen molar-refractivity contribution in [2.45, 2.75) is 6.61 Å². The zero-order valence-electron chi connectivity index (χ0n) is 11.4. The largest absolute Gasteiger partial charge is 0.435 e. The fourth-order valence-corrected chi connectivity index (χ4v) is 1.94. The van der Waals surface area contributed by atoms with E-state index < -0.39 is 6.61 Å². The number of anilines is 2. The number of halogens is 3. The number of ether oxygens (including phenoxy) is 1. The second-order valence-electron chi connectivity index (χ2n) is 4.31. The summed E-state index contributed by atoms with van der Waals surface area (Å²) >= 11 is 3.33. The van der Waals surface area contributed by atoms with Crippen LogP contribution in [0, 0.1) is 0 Å². The second-order valence-corrected chi connectivity index (χ2v) is 5.23. The first kappa shape index (κ1) is 16.2. The molecule has 7 heteroatoms. The van der Waals surface area contributed by atoms with Gasteiger partial charge in [0, 0.05) is 15.8 Å². The SMILES string of the molecule is O=C(CNc1ccc(Br)cc1)Nc1ccc(OC(F)F)cc1. The van der Waals surface area contributed by atoms with E-state index in [1.807, 2.05) is 24.3 Å². The summed E-state index contributed by atoms with van der Waals surface area (Å²) in [6.45, 7) is -2.77. The Balaban J connectivity index is 1.82. The summed E-state index contributed by atoms with van der Waals surface area (Å²) in [6, 6.07) is 13.1. The van der Waals surface area contributed by atoms with Crippen LogP contribution in [-0.2, 0) is 4.79 Å². The van der Waals surface area contributed by atoms with Crippen LogP contribution in [0.2, 0.25) is 0 Å². The van der Waals surface area contributed by atoms with E-state index in [1.54, 1.807) is 0 Å². The molecule has 0 bridgehead atoms. The van der Waals surface area contributed by atoms with E-state index in [4.69, 9.17) is 0 Å². The molecule has 0 saturated carbocycles. The number of benzene rings is 2. The van der Waals surface area contributed by atoms with Gasteiger partial charge in [-0.15, -0.1) is 0 Å². The standard InChI is InChI=1S/C15H13BrF2N2O2/c16-10-1-3-11(4-2-10)19-9-14(21)20-12-5-7-13(8-6-12)22-15(17)18/h1-8,15,19H,9H2,(H,20,21). The molecule has 0 fully saturated rings. The quantitative estimate of drug-likeness (QED) is 0.804. The fourth-order valence-electron chi connectivity index (χ4n) is 1.67. The number of rotatable bonds is 6. The summed E-state index contributed by atoms with van der Waals surface area (Å²) in [5, 5.41) is 5.62. The molecule has 1 amide bonds. The number of amides is 1. The molecule has 116 valence electrons. The molecule has 2 N–H and O–H groups in total. The zero-order valence-corrected chi connectivity index (χ0v) is 12.9. The fraction of sp³-hybridized carbons (Fsp3) is 0.133. The molecule has 0 heterocycles. The molecule has 0 unspecified atom stereocenters. The molecule has 2 aromatic rings. The van der Waals surface area contributed by atoms with Crippen LogP contribution in [0.3, 0.4) is 0 Å². The summed E-state index contributed by atoms with van der Waals surface area (Å²) in [5.74, 6) is -0.202. The average molecular weight is 371 g/mol. The van der Waals surface area contributed by atoms with Crippen molar-refractivity contribution in [3.63, 3.8) is 0 Å². The van der Waals surface area contributed by atoms with Crippen LogP contribution < -0.4 is 15.4 Å². The summed E-state index contributed by atoms with van der Waals surface area (Å²) in [6.07, 6.45) is 0. The van der Waals surface area contributed by atoms with Crippen LogP contribution in [0.25, 0.3) is 0 Å². The van der Waals surface area contributed by atoms with Gasteiger partial charge in [-0.2, -0.15) is 8.78 Å². The van der Waals surface area contributed by atoms with Crippen LogP contribution in [0.5, 0.6) is 5.75 Å². The Labute approximate surface area is 134 Å². The normalized spacial score (nSPS) is 10.4. The lowest BCUT2D eigenvalue weighted by Crippen LogP contribution is -2.21. The van der Waals surface area contributed by atoms with Crippen molar-refractivity contribution in [1.82, 2.24) is 0 Å². The Morgan fingerprint density at radius 3 is 2.23 bits per heavy atom. The summed E-state index contributed by atoms with van der Waals surface area (Å²) in [5.41, 5.74) is 1.32. The van der Waals surface area contributed by atoms with Crippen LogP contribution in [-0.4, -0.2) is 19.1 Å². The number of carbonyl (C=O) groups excluding carboxylic acids is 1. The molecule has 0 aliphatic carbocycles. The second kappa shape index (κ2) is 7.74. The molecule has 0 spiro atoms. The monoisotopic (exact) mass is 370 g/mol. The number of nitrogens with one attached hydrogen (secondary N) is 2. The molecule has 4 nitrogen and oxygen atoms in total. The van der Waals surface area contributed by atoms with Gasteiger partial charge in [-0.25, -0.2) is 0 Å². The van der Waals surface area contributed by atoms with Gasteiger partial charge in [-0.05, 0) is 48.5 Å². The average Bonchev–Trinajstić information content (AvgIpc) is 2.48. The molecule has 22 heavy (non-hydrogen) atoms. The van der Waals surface area contributed by atoms with Crippen LogP contribution in [0.1, 0.15) is 0 Å². The Bertz CT molecular complexity index is 618. The highest BCUT2D eigenvalue weighted by Gasteiger charge is 2.05. The molecule has 0 saturated heterocycles. The predicted molar refractivity (Wildman–Crippen MR) is 84.3 cm³/mol. The molecular formula is C15H13BrF2N2O2. The van der Waals surface area contributed by atoms with Gasteiger partial charge in [0.15, 0.2) is 0 Å². The molecule has 2 aromatic carbocycles. The van der Waals surface area contributed by atoms with Crippen molar-refractivity contribution in [3.05, 3.63) is 53.0 Å². The Morgan fingerprint density at radius 2 is 1.64 bits per heavy atom. The van der Waals surface area contributed by atoms with Gasteiger partial charge >= 0.3 is 6.61 Å². The van der Waals surface area contributed by atoms with E-state index in [2.05, 4.69) is 31.3 Å². The highest BCUT2D eigenvalue weighted by Crippen LogP contribution is 2.18. The summed E-state index contributed by atoms with van der Waals surface area (Å²) in [4.78, 5) is 11.8.